The number of rotatable bonds is 7. The first-order valence-electron chi connectivity index (χ1n) is 10.7. The SMILES string of the molecule is c1ccc(CN2CCNCC2CCCc2c[nH]c3ccc(-n4cnnc4)cc23)nc1. The molecule has 2 N–H and O–H groups in total. The van der Waals surface area contributed by atoms with Crippen LogP contribution in [0.4, 0.5) is 0 Å². The summed E-state index contributed by atoms with van der Waals surface area (Å²) in [7, 11) is 0. The molecule has 7 heteroatoms. The summed E-state index contributed by atoms with van der Waals surface area (Å²) in [6.45, 7) is 4.12. The quantitative estimate of drug-likeness (QED) is 0.498. The molecule has 0 saturated carbocycles. The second-order valence-electron chi connectivity index (χ2n) is 7.95. The number of H-pyrrole nitrogens is 1. The Balaban J connectivity index is 1.24. The predicted molar refractivity (Wildman–Crippen MR) is 117 cm³/mol. The molecule has 7 nitrogen and oxygen atoms in total. The summed E-state index contributed by atoms with van der Waals surface area (Å²) in [5, 5.41) is 12.7. The van der Waals surface area contributed by atoms with E-state index in [4.69, 9.17) is 0 Å². The van der Waals surface area contributed by atoms with Gasteiger partial charge < -0.3 is 10.3 Å². The molecule has 1 aliphatic heterocycles. The van der Waals surface area contributed by atoms with Gasteiger partial charge >= 0.3 is 0 Å². The van der Waals surface area contributed by atoms with Crippen molar-refractivity contribution in [3.63, 3.8) is 0 Å². The Kier molecular flexibility index (Phi) is 5.54. The van der Waals surface area contributed by atoms with E-state index in [2.05, 4.69) is 66.9 Å². The molecule has 0 aliphatic carbocycles. The van der Waals surface area contributed by atoms with E-state index in [0.29, 0.717) is 6.04 Å². The van der Waals surface area contributed by atoms with Crippen LogP contribution in [0.25, 0.3) is 16.6 Å². The fourth-order valence-corrected chi connectivity index (χ4v) is 4.39. The van der Waals surface area contributed by atoms with E-state index in [1.54, 1.807) is 12.7 Å². The molecular weight excluding hydrogens is 374 g/mol. The second-order valence-corrected chi connectivity index (χ2v) is 7.95. The van der Waals surface area contributed by atoms with E-state index >= 15 is 0 Å². The van der Waals surface area contributed by atoms with Crippen LogP contribution in [0.3, 0.4) is 0 Å². The highest BCUT2D eigenvalue weighted by Crippen LogP contribution is 2.24. The van der Waals surface area contributed by atoms with Gasteiger partial charge in [0, 0.05) is 61.2 Å². The number of aryl methyl sites for hydroxylation is 1. The van der Waals surface area contributed by atoms with Crippen molar-refractivity contribution in [1.29, 1.82) is 0 Å². The molecule has 0 bridgehead atoms. The summed E-state index contributed by atoms with van der Waals surface area (Å²) in [5.41, 5.74) is 4.80. The van der Waals surface area contributed by atoms with Gasteiger partial charge in [-0.2, -0.15) is 0 Å². The second kappa shape index (κ2) is 8.77. The highest BCUT2D eigenvalue weighted by atomic mass is 15.2. The number of nitrogens with one attached hydrogen (secondary N) is 2. The summed E-state index contributed by atoms with van der Waals surface area (Å²) < 4.78 is 1.94. The average molecular weight is 402 g/mol. The van der Waals surface area contributed by atoms with Gasteiger partial charge in [0.1, 0.15) is 12.7 Å². The molecule has 1 unspecified atom stereocenters. The molecule has 5 rings (SSSR count). The van der Waals surface area contributed by atoms with Gasteiger partial charge in [0.25, 0.3) is 0 Å². The molecular formula is C23H27N7. The Bertz CT molecular complexity index is 1070. The van der Waals surface area contributed by atoms with Gasteiger partial charge in [-0.05, 0) is 55.2 Å². The molecule has 1 fully saturated rings. The topological polar surface area (TPSA) is 74.7 Å². The minimum absolute atomic E-state index is 0.554. The first-order valence-corrected chi connectivity index (χ1v) is 10.7. The maximum absolute atomic E-state index is 4.51. The number of hydrogen-bond acceptors (Lipinski definition) is 5. The van der Waals surface area contributed by atoms with Crippen molar-refractivity contribution in [2.45, 2.75) is 31.8 Å². The number of hydrogen-bond donors (Lipinski definition) is 2. The van der Waals surface area contributed by atoms with E-state index in [-0.39, 0.29) is 0 Å². The van der Waals surface area contributed by atoms with Crippen molar-refractivity contribution in [2.75, 3.05) is 19.6 Å². The Labute approximate surface area is 176 Å². The molecule has 1 atom stereocenters. The molecule has 0 amide bonds. The van der Waals surface area contributed by atoms with Gasteiger partial charge in [-0.3, -0.25) is 14.5 Å². The zero-order valence-electron chi connectivity index (χ0n) is 17.0. The number of aromatic nitrogens is 5. The van der Waals surface area contributed by atoms with Crippen LogP contribution in [0.1, 0.15) is 24.1 Å². The minimum Gasteiger partial charge on any atom is -0.361 e. The Morgan fingerprint density at radius 3 is 2.90 bits per heavy atom. The van der Waals surface area contributed by atoms with Crippen LogP contribution in [0.5, 0.6) is 0 Å². The highest BCUT2D eigenvalue weighted by Gasteiger charge is 2.22. The molecule has 0 spiro atoms. The van der Waals surface area contributed by atoms with Crippen molar-refractivity contribution >= 4 is 10.9 Å². The smallest absolute Gasteiger partial charge is 0.123 e. The van der Waals surface area contributed by atoms with Gasteiger partial charge in [0.2, 0.25) is 0 Å². The van der Waals surface area contributed by atoms with E-state index in [1.165, 1.54) is 22.9 Å². The lowest BCUT2D eigenvalue weighted by Gasteiger charge is -2.36. The maximum atomic E-state index is 4.51. The zero-order valence-corrected chi connectivity index (χ0v) is 17.0. The van der Waals surface area contributed by atoms with Gasteiger partial charge in [-0.25, -0.2) is 0 Å². The Morgan fingerprint density at radius 2 is 2.03 bits per heavy atom. The van der Waals surface area contributed by atoms with Gasteiger partial charge in [0.15, 0.2) is 0 Å². The summed E-state index contributed by atoms with van der Waals surface area (Å²) >= 11 is 0. The van der Waals surface area contributed by atoms with Gasteiger partial charge in [0.05, 0.1) is 5.69 Å². The van der Waals surface area contributed by atoms with Crippen LogP contribution in [0.2, 0.25) is 0 Å². The molecule has 4 aromatic rings. The predicted octanol–water partition coefficient (Wildman–Crippen LogP) is 2.94. The van der Waals surface area contributed by atoms with E-state index in [1.807, 2.05) is 16.8 Å². The number of nitrogens with zero attached hydrogens (tertiary/aromatic N) is 5. The summed E-state index contributed by atoms with van der Waals surface area (Å²) in [4.78, 5) is 10.5. The molecule has 4 heterocycles. The van der Waals surface area contributed by atoms with Crippen molar-refractivity contribution in [2.24, 2.45) is 0 Å². The summed E-state index contributed by atoms with van der Waals surface area (Å²) in [6.07, 6.45) is 10.9. The fraction of sp³-hybridized carbons (Fsp3) is 0.348. The van der Waals surface area contributed by atoms with Gasteiger partial charge in [-0.1, -0.05) is 6.07 Å². The maximum Gasteiger partial charge on any atom is 0.123 e. The molecule has 1 saturated heterocycles. The third kappa shape index (κ3) is 4.13. The third-order valence-electron chi connectivity index (χ3n) is 6.01. The molecule has 30 heavy (non-hydrogen) atoms. The largest absolute Gasteiger partial charge is 0.361 e. The van der Waals surface area contributed by atoms with Crippen LogP contribution < -0.4 is 5.32 Å². The van der Waals surface area contributed by atoms with Crippen LogP contribution in [0, 0.1) is 0 Å². The van der Waals surface area contributed by atoms with Crippen LogP contribution >= 0.6 is 0 Å². The number of fused-ring (bicyclic) bond motifs is 1. The summed E-state index contributed by atoms with van der Waals surface area (Å²) in [6, 6.07) is 13.2. The molecule has 1 aromatic carbocycles. The normalized spacial score (nSPS) is 17.5. The number of pyridine rings is 1. The summed E-state index contributed by atoms with van der Waals surface area (Å²) in [5.74, 6) is 0. The lowest BCUT2D eigenvalue weighted by molar-refractivity contribution is 0.141. The first kappa shape index (κ1) is 19.0. The Morgan fingerprint density at radius 1 is 1.10 bits per heavy atom. The van der Waals surface area contributed by atoms with Crippen molar-refractivity contribution in [1.82, 2.24) is 34.9 Å². The average Bonchev–Trinajstić information content (AvgIpc) is 3.46. The minimum atomic E-state index is 0.554. The number of aromatic amines is 1. The first-order chi connectivity index (χ1) is 14.9. The third-order valence-corrected chi connectivity index (χ3v) is 6.01. The van der Waals surface area contributed by atoms with Crippen molar-refractivity contribution in [3.8, 4) is 5.69 Å². The molecule has 3 aromatic heterocycles. The number of piperazine rings is 1. The van der Waals surface area contributed by atoms with E-state index < -0.39 is 0 Å². The van der Waals surface area contributed by atoms with Crippen LogP contribution in [0.15, 0.2) is 61.4 Å². The van der Waals surface area contributed by atoms with Crippen LogP contribution in [-0.2, 0) is 13.0 Å². The Hall–Kier alpha value is -3.03. The highest BCUT2D eigenvalue weighted by molar-refractivity contribution is 5.85. The molecule has 0 radical (unpaired) electrons. The van der Waals surface area contributed by atoms with Crippen LogP contribution in [-0.4, -0.2) is 55.3 Å². The monoisotopic (exact) mass is 401 g/mol. The van der Waals surface area contributed by atoms with E-state index in [0.717, 1.165) is 50.4 Å². The zero-order chi connectivity index (χ0) is 20.2. The lowest BCUT2D eigenvalue weighted by Crippen LogP contribution is -2.50. The molecule has 1 aliphatic rings. The van der Waals surface area contributed by atoms with E-state index in [9.17, 15) is 0 Å². The van der Waals surface area contributed by atoms with Gasteiger partial charge in [-0.15, -0.1) is 10.2 Å². The molecule has 154 valence electrons. The van der Waals surface area contributed by atoms with Crippen molar-refractivity contribution < 1.29 is 0 Å². The lowest BCUT2D eigenvalue weighted by atomic mass is 10.0. The van der Waals surface area contributed by atoms with Crippen molar-refractivity contribution in [3.05, 3.63) is 72.7 Å². The standard InChI is InChI=1S/C23H27N7/c1-2-9-25-19(5-1)15-29-11-10-24-14-21(29)6-3-4-18-13-26-23-8-7-20(12-22(18)23)30-16-27-28-17-30/h1-2,5,7-9,12-13,16-17,21,24,26H,3-4,6,10-11,14-15H2. The number of benzene rings is 1. The fourth-order valence-electron chi connectivity index (χ4n) is 4.39.